The van der Waals surface area contributed by atoms with Crippen LogP contribution in [0.4, 0.5) is 14.5 Å². The summed E-state index contributed by atoms with van der Waals surface area (Å²) in [6.07, 6.45) is 0.553. The van der Waals surface area contributed by atoms with Crippen LogP contribution in [0.2, 0.25) is 10.0 Å². The molecule has 3 aromatic carbocycles. The van der Waals surface area contributed by atoms with Crippen LogP contribution in [0.3, 0.4) is 0 Å². The predicted octanol–water partition coefficient (Wildman–Crippen LogP) is 8.36. The molecule has 0 aliphatic heterocycles. The number of halogens is 4. The van der Waals surface area contributed by atoms with Crippen LogP contribution in [0.5, 0.6) is 5.75 Å². The molecule has 0 heterocycles. The molecule has 8 nitrogen and oxygen atoms in total. The summed E-state index contributed by atoms with van der Waals surface area (Å²) in [5, 5.41) is 13.9. The molecular formula is C37H40Cl2F2N2O6. The Kier molecular flexibility index (Phi) is 12.7. The standard InChI is InChI=1S/C37H40Cl2F2N2O6/c1-36(2,3)20-23-18-26(34(44)43-30-12-9-22(17-31(30)47-5)35(45)49-16-15-48-14-13-46-4)32(25-7-6-8-28(39)33(25)41)37(23,21-42)27-11-10-24(38)19-29(27)40/h6-12,17,19,23,26,32H,13-16,18,20H2,1-5H3,(H,43,44)/t23-,26+,32-,37+/m0/s1. The van der Waals surface area contributed by atoms with Gasteiger partial charge in [0.25, 0.3) is 0 Å². The van der Waals surface area contributed by atoms with Gasteiger partial charge in [-0.2, -0.15) is 5.26 Å². The van der Waals surface area contributed by atoms with Crippen molar-refractivity contribution in [3.8, 4) is 11.8 Å². The van der Waals surface area contributed by atoms with Crippen LogP contribution in [-0.2, 0) is 24.4 Å². The van der Waals surface area contributed by atoms with Crippen LogP contribution in [0.15, 0.2) is 54.6 Å². The first-order valence-electron chi connectivity index (χ1n) is 15.8. The van der Waals surface area contributed by atoms with Gasteiger partial charge in [-0.25, -0.2) is 13.6 Å². The highest BCUT2D eigenvalue weighted by Gasteiger charge is 2.61. The van der Waals surface area contributed by atoms with Crippen molar-refractivity contribution < 1.29 is 37.3 Å². The van der Waals surface area contributed by atoms with E-state index in [1.54, 1.807) is 13.2 Å². The van der Waals surface area contributed by atoms with Crippen LogP contribution in [0.25, 0.3) is 0 Å². The van der Waals surface area contributed by atoms with Gasteiger partial charge < -0.3 is 24.3 Å². The van der Waals surface area contributed by atoms with Crippen molar-refractivity contribution in [1.29, 1.82) is 5.26 Å². The Balaban J connectivity index is 1.74. The van der Waals surface area contributed by atoms with E-state index in [9.17, 15) is 14.9 Å². The largest absolute Gasteiger partial charge is 0.495 e. The maximum absolute atomic E-state index is 16.0. The predicted molar refractivity (Wildman–Crippen MR) is 183 cm³/mol. The summed E-state index contributed by atoms with van der Waals surface area (Å²) in [4.78, 5) is 27.0. The van der Waals surface area contributed by atoms with Crippen LogP contribution in [0, 0.1) is 40.2 Å². The van der Waals surface area contributed by atoms with Gasteiger partial charge >= 0.3 is 5.97 Å². The molecule has 12 heteroatoms. The summed E-state index contributed by atoms with van der Waals surface area (Å²) in [5.74, 6) is -5.25. The van der Waals surface area contributed by atoms with E-state index >= 15 is 8.78 Å². The third-order valence-electron chi connectivity index (χ3n) is 8.74. The first-order valence-corrected chi connectivity index (χ1v) is 16.6. The number of ether oxygens (including phenoxy) is 4. The Bertz CT molecular complexity index is 1710. The molecule has 3 aromatic rings. The van der Waals surface area contributed by atoms with E-state index in [0.29, 0.717) is 19.6 Å². The molecule has 49 heavy (non-hydrogen) atoms. The third kappa shape index (κ3) is 8.53. The maximum atomic E-state index is 16.0. The van der Waals surface area contributed by atoms with Crippen LogP contribution in [0.1, 0.15) is 61.0 Å². The number of carbonyl (C=O) groups is 2. The number of esters is 1. The van der Waals surface area contributed by atoms with E-state index in [0.717, 1.165) is 6.07 Å². The molecule has 0 unspecified atom stereocenters. The molecule has 1 fully saturated rings. The maximum Gasteiger partial charge on any atom is 0.338 e. The fourth-order valence-electron chi connectivity index (χ4n) is 6.77. The van der Waals surface area contributed by atoms with Gasteiger partial charge in [0.2, 0.25) is 5.91 Å². The lowest BCUT2D eigenvalue weighted by molar-refractivity contribution is -0.120. The summed E-state index contributed by atoms with van der Waals surface area (Å²) < 4.78 is 52.9. The second-order valence-corrected chi connectivity index (χ2v) is 14.0. The van der Waals surface area contributed by atoms with Gasteiger partial charge in [-0.15, -0.1) is 0 Å². The lowest BCUT2D eigenvalue weighted by Crippen LogP contribution is -2.39. The molecule has 1 N–H and O–H groups in total. The molecule has 0 radical (unpaired) electrons. The Hall–Kier alpha value is -3.75. The van der Waals surface area contributed by atoms with Gasteiger partial charge in [-0.3, -0.25) is 4.79 Å². The molecule has 4 atom stereocenters. The highest BCUT2D eigenvalue weighted by molar-refractivity contribution is 6.31. The zero-order chi connectivity index (χ0) is 35.9. The number of amides is 1. The van der Waals surface area contributed by atoms with Crippen molar-refractivity contribution in [1.82, 2.24) is 0 Å². The third-order valence-corrected chi connectivity index (χ3v) is 9.26. The molecule has 0 saturated heterocycles. The summed E-state index contributed by atoms with van der Waals surface area (Å²) in [6.45, 7) is 6.96. The number of benzene rings is 3. The van der Waals surface area contributed by atoms with Gasteiger partial charge in [-0.1, -0.05) is 62.2 Å². The van der Waals surface area contributed by atoms with Crippen molar-refractivity contribution in [3.63, 3.8) is 0 Å². The second-order valence-electron chi connectivity index (χ2n) is 13.2. The summed E-state index contributed by atoms with van der Waals surface area (Å²) in [6, 6.07) is 15.2. The number of nitriles is 1. The number of methoxy groups -OCH3 is 2. The summed E-state index contributed by atoms with van der Waals surface area (Å²) >= 11 is 12.4. The average Bonchev–Trinajstić information content (AvgIpc) is 3.36. The zero-order valence-electron chi connectivity index (χ0n) is 28.1. The van der Waals surface area contributed by atoms with Crippen LogP contribution >= 0.6 is 23.2 Å². The van der Waals surface area contributed by atoms with E-state index in [1.807, 2.05) is 20.8 Å². The second kappa shape index (κ2) is 16.3. The highest BCUT2D eigenvalue weighted by atomic mass is 35.5. The topological polar surface area (TPSA) is 107 Å². The minimum Gasteiger partial charge on any atom is -0.495 e. The number of nitrogens with zero attached hydrogens (tertiary/aromatic N) is 1. The highest BCUT2D eigenvalue weighted by Crippen LogP contribution is 2.61. The van der Waals surface area contributed by atoms with E-state index in [4.69, 9.17) is 42.1 Å². The Labute approximate surface area is 295 Å². The van der Waals surface area contributed by atoms with Crippen LogP contribution < -0.4 is 10.1 Å². The van der Waals surface area contributed by atoms with E-state index in [1.165, 1.54) is 49.6 Å². The van der Waals surface area contributed by atoms with Crippen molar-refractivity contribution in [2.45, 2.75) is 44.9 Å². The molecule has 1 aliphatic carbocycles. The zero-order valence-corrected chi connectivity index (χ0v) is 29.6. The number of hydrogen-bond acceptors (Lipinski definition) is 7. The minimum absolute atomic E-state index is 0.0243. The molecule has 1 aliphatic rings. The molecule has 0 spiro atoms. The molecule has 1 amide bonds. The lowest BCUT2D eigenvalue weighted by Gasteiger charge is -2.38. The Morgan fingerprint density at radius 1 is 1.02 bits per heavy atom. The molecule has 0 aromatic heterocycles. The Morgan fingerprint density at radius 3 is 2.41 bits per heavy atom. The van der Waals surface area contributed by atoms with Gasteiger partial charge in [0.15, 0.2) is 0 Å². The molecule has 0 bridgehead atoms. The first kappa shape index (κ1) is 38.1. The van der Waals surface area contributed by atoms with E-state index in [2.05, 4.69) is 11.4 Å². The molecular weight excluding hydrogens is 677 g/mol. The summed E-state index contributed by atoms with van der Waals surface area (Å²) in [5.41, 5.74) is -1.56. The SMILES string of the molecule is COCCOCCOC(=O)c1ccc(NC(=O)[C@@H]2C[C@@H](CC(C)(C)C)[C@](C#N)(c3ccc(Cl)cc3F)[C@H]2c2cccc(Cl)c2F)c(OC)c1. The number of hydrogen-bond donors (Lipinski definition) is 1. The number of rotatable bonds is 13. The number of nitrogens with one attached hydrogen (secondary N) is 1. The van der Waals surface area contributed by atoms with Gasteiger partial charge in [0, 0.05) is 29.5 Å². The van der Waals surface area contributed by atoms with Crippen molar-refractivity contribution in [3.05, 3.63) is 93.0 Å². The van der Waals surface area contributed by atoms with Gasteiger partial charge in [-0.05, 0) is 66.1 Å². The monoisotopic (exact) mass is 716 g/mol. The lowest BCUT2D eigenvalue weighted by atomic mass is 9.62. The normalized spacial score (nSPS) is 20.4. The van der Waals surface area contributed by atoms with Crippen LogP contribution in [-0.4, -0.2) is 52.5 Å². The van der Waals surface area contributed by atoms with E-state index in [-0.39, 0.29) is 63.2 Å². The fraction of sp³-hybridized carbons (Fsp3) is 0.432. The van der Waals surface area contributed by atoms with Crippen molar-refractivity contribution in [2.24, 2.45) is 17.3 Å². The van der Waals surface area contributed by atoms with Gasteiger partial charge in [0.1, 0.15) is 24.0 Å². The minimum atomic E-state index is -1.68. The van der Waals surface area contributed by atoms with Crippen molar-refractivity contribution in [2.75, 3.05) is 46.0 Å². The fourth-order valence-corrected chi connectivity index (χ4v) is 7.11. The molecule has 4 rings (SSSR count). The average molecular weight is 718 g/mol. The summed E-state index contributed by atoms with van der Waals surface area (Å²) in [7, 11) is 2.94. The van der Waals surface area contributed by atoms with Crippen molar-refractivity contribution >= 4 is 40.8 Å². The number of carbonyl (C=O) groups excluding carboxylic acids is 2. The molecule has 1 saturated carbocycles. The molecule has 262 valence electrons. The Morgan fingerprint density at radius 2 is 1.76 bits per heavy atom. The quantitative estimate of drug-likeness (QED) is 0.140. The number of anilines is 1. The smallest absolute Gasteiger partial charge is 0.338 e. The van der Waals surface area contributed by atoms with Gasteiger partial charge in [0.05, 0.1) is 54.7 Å². The first-order chi connectivity index (χ1) is 23.3. The van der Waals surface area contributed by atoms with E-state index < -0.39 is 46.7 Å².